The maximum atomic E-state index is 12.0. The van der Waals surface area contributed by atoms with Crippen LogP contribution in [0.15, 0.2) is 53.4 Å². The first kappa shape index (κ1) is 15.8. The molecule has 5 nitrogen and oxygen atoms in total. The molecule has 6 heteroatoms. The quantitative estimate of drug-likeness (QED) is 0.297. The number of phenols is 1. The van der Waals surface area contributed by atoms with Crippen molar-refractivity contribution in [2.75, 3.05) is 6.26 Å². The second-order valence-electron chi connectivity index (χ2n) is 4.43. The van der Waals surface area contributed by atoms with E-state index in [1.54, 1.807) is 23.9 Å². The smallest absolute Gasteiger partial charge is 0.311 e. The summed E-state index contributed by atoms with van der Waals surface area (Å²) >= 11 is 1.59. The first-order valence-electron chi connectivity index (χ1n) is 6.35. The van der Waals surface area contributed by atoms with Gasteiger partial charge in [0.15, 0.2) is 11.5 Å². The van der Waals surface area contributed by atoms with E-state index in [0.29, 0.717) is 11.1 Å². The molecule has 22 heavy (non-hydrogen) atoms. The van der Waals surface area contributed by atoms with Crippen LogP contribution >= 0.6 is 11.8 Å². The van der Waals surface area contributed by atoms with Crippen molar-refractivity contribution in [1.82, 2.24) is 0 Å². The Hall–Kier alpha value is -2.60. The summed E-state index contributed by atoms with van der Waals surface area (Å²) in [6.45, 7) is 0. The molecular weight excluding hydrogens is 302 g/mol. The number of hydrogen-bond donors (Lipinski definition) is 1. The van der Waals surface area contributed by atoms with Crippen molar-refractivity contribution in [3.05, 3.63) is 69.8 Å². The molecule has 0 saturated heterocycles. The minimum Gasteiger partial charge on any atom is -0.502 e. The molecule has 0 aliphatic heterocycles. The Kier molecular flexibility index (Phi) is 4.95. The third-order valence-corrected chi connectivity index (χ3v) is 3.74. The van der Waals surface area contributed by atoms with Gasteiger partial charge in [-0.3, -0.25) is 14.9 Å². The fraction of sp³-hybridized carbons (Fsp3) is 0.0625. The molecule has 0 unspecified atom stereocenters. The summed E-state index contributed by atoms with van der Waals surface area (Å²) in [5.74, 6) is -0.593. The number of carbonyl (C=O) groups excluding carboxylic acids is 1. The maximum Gasteiger partial charge on any atom is 0.311 e. The third kappa shape index (κ3) is 3.73. The fourth-order valence-electron chi connectivity index (χ4n) is 1.81. The highest BCUT2D eigenvalue weighted by molar-refractivity contribution is 7.98. The Morgan fingerprint density at radius 3 is 2.50 bits per heavy atom. The number of nitro benzene ring substituents is 1. The molecule has 0 aliphatic rings. The van der Waals surface area contributed by atoms with Gasteiger partial charge in [-0.15, -0.1) is 11.8 Å². The molecule has 2 aromatic rings. The minimum absolute atomic E-state index is 0.191. The van der Waals surface area contributed by atoms with Crippen LogP contribution in [0.25, 0.3) is 6.08 Å². The topological polar surface area (TPSA) is 80.4 Å². The second kappa shape index (κ2) is 6.91. The van der Waals surface area contributed by atoms with Crippen molar-refractivity contribution in [1.29, 1.82) is 0 Å². The van der Waals surface area contributed by atoms with Crippen LogP contribution in [-0.4, -0.2) is 22.1 Å². The molecule has 112 valence electrons. The summed E-state index contributed by atoms with van der Waals surface area (Å²) in [4.78, 5) is 23.2. The van der Waals surface area contributed by atoms with E-state index in [1.165, 1.54) is 30.4 Å². The molecule has 0 atom stereocenters. The standard InChI is InChI=1S/C16H13NO4S/c1-22-13-6-4-12(5-7-13)15(18)8-2-11-3-9-16(19)14(10-11)17(20)21/h2-10,19H,1H3/b8-2+. The summed E-state index contributed by atoms with van der Waals surface area (Å²) in [5.41, 5.74) is 0.625. The number of hydrogen-bond acceptors (Lipinski definition) is 5. The Bertz CT molecular complexity index is 738. The van der Waals surface area contributed by atoms with E-state index in [0.717, 1.165) is 4.90 Å². The monoisotopic (exact) mass is 315 g/mol. The summed E-state index contributed by atoms with van der Waals surface area (Å²) in [6, 6.07) is 11.1. The lowest BCUT2D eigenvalue weighted by molar-refractivity contribution is -0.385. The fourth-order valence-corrected chi connectivity index (χ4v) is 2.22. The number of carbonyl (C=O) groups is 1. The van der Waals surface area contributed by atoms with Crippen molar-refractivity contribution in [3.8, 4) is 5.75 Å². The van der Waals surface area contributed by atoms with Crippen LogP contribution in [0.1, 0.15) is 15.9 Å². The number of thioether (sulfide) groups is 1. The molecule has 2 rings (SSSR count). The number of nitrogens with zero attached hydrogens (tertiary/aromatic N) is 1. The SMILES string of the molecule is CSc1ccc(C(=O)/C=C/c2ccc(O)c([N+](=O)[O-])c2)cc1. The molecule has 0 radical (unpaired) electrons. The lowest BCUT2D eigenvalue weighted by Crippen LogP contribution is -1.94. The Morgan fingerprint density at radius 2 is 1.91 bits per heavy atom. The van der Waals surface area contributed by atoms with Gasteiger partial charge < -0.3 is 5.11 Å². The lowest BCUT2D eigenvalue weighted by Gasteiger charge is -1.99. The highest BCUT2D eigenvalue weighted by Crippen LogP contribution is 2.26. The Morgan fingerprint density at radius 1 is 1.23 bits per heavy atom. The van der Waals surface area contributed by atoms with Crippen molar-refractivity contribution in [2.24, 2.45) is 0 Å². The number of nitro groups is 1. The van der Waals surface area contributed by atoms with Gasteiger partial charge in [-0.25, -0.2) is 0 Å². The van der Waals surface area contributed by atoms with E-state index in [2.05, 4.69) is 0 Å². The number of benzene rings is 2. The zero-order chi connectivity index (χ0) is 16.1. The van der Waals surface area contributed by atoms with Gasteiger partial charge in [0.05, 0.1) is 4.92 Å². The maximum absolute atomic E-state index is 12.0. The van der Waals surface area contributed by atoms with Gasteiger partial charge in [0.1, 0.15) is 0 Å². The summed E-state index contributed by atoms with van der Waals surface area (Å²) < 4.78 is 0. The molecule has 1 N–H and O–H groups in total. The van der Waals surface area contributed by atoms with E-state index < -0.39 is 10.7 Å². The predicted octanol–water partition coefficient (Wildman–Crippen LogP) is 3.92. The minimum atomic E-state index is -0.671. The van der Waals surface area contributed by atoms with Crippen LogP contribution in [0.5, 0.6) is 5.75 Å². The van der Waals surface area contributed by atoms with Gasteiger partial charge in [-0.05, 0) is 48.2 Å². The largest absolute Gasteiger partial charge is 0.502 e. The number of aromatic hydroxyl groups is 1. The van der Waals surface area contributed by atoms with E-state index >= 15 is 0 Å². The molecule has 0 aromatic heterocycles. The van der Waals surface area contributed by atoms with Crippen molar-refractivity contribution in [3.63, 3.8) is 0 Å². The average Bonchev–Trinajstić information content (AvgIpc) is 2.53. The van der Waals surface area contributed by atoms with E-state index in [-0.39, 0.29) is 11.5 Å². The van der Waals surface area contributed by atoms with Gasteiger partial charge >= 0.3 is 5.69 Å². The first-order valence-corrected chi connectivity index (χ1v) is 7.57. The molecule has 0 bridgehead atoms. The van der Waals surface area contributed by atoms with E-state index in [4.69, 9.17) is 0 Å². The number of allylic oxidation sites excluding steroid dienone is 1. The molecule has 0 amide bonds. The van der Waals surface area contributed by atoms with Crippen LogP contribution in [0.3, 0.4) is 0 Å². The third-order valence-electron chi connectivity index (χ3n) is 3.00. The lowest BCUT2D eigenvalue weighted by atomic mass is 10.1. The molecule has 0 fully saturated rings. The number of ketones is 1. The highest BCUT2D eigenvalue weighted by Gasteiger charge is 2.12. The highest BCUT2D eigenvalue weighted by atomic mass is 32.2. The van der Waals surface area contributed by atoms with Gasteiger partial charge in [0.2, 0.25) is 0 Å². The van der Waals surface area contributed by atoms with Gasteiger partial charge in [-0.1, -0.05) is 12.1 Å². The number of phenolic OH excluding ortho intramolecular Hbond substituents is 1. The van der Waals surface area contributed by atoms with Gasteiger partial charge in [0.25, 0.3) is 0 Å². The van der Waals surface area contributed by atoms with Crippen LogP contribution < -0.4 is 0 Å². The summed E-state index contributed by atoms with van der Waals surface area (Å²) in [5, 5.41) is 20.1. The molecule has 0 heterocycles. The summed E-state index contributed by atoms with van der Waals surface area (Å²) in [7, 11) is 0. The molecule has 2 aromatic carbocycles. The molecule has 0 aliphatic carbocycles. The average molecular weight is 315 g/mol. The van der Waals surface area contributed by atoms with E-state index in [1.807, 2.05) is 18.4 Å². The van der Waals surface area contributed by atoms with Gasteiger partial charge in [0, 0.05) is 16.5 Å². The van der Waals surface area contributed by atoms with Crippen LogP contribution in [0.4, 0.5) is 5.69 Å². The Labute approximate surface area is 131 Å². The number of rotatable bonds is 5. The molecule has 0 saturated carbocycles. The van der Waals surface area contributed by atoms with Gasteiger partial charge in [-0.2, -0.15) is 0 Å². The van der Waals surface area contributed by atoms with Crippen molar-refractivity contribution in [2.45, 2.75) is 4.90 Å². The predicted molar refractivity (Wildman–Crippen MR) is 86.3 cm³/mol. The van der Waals surface area contributed by atoms with Crippen LogP contribution in [0, 0.1) is 10.1 Å². The molecule has 0 spiro atoms. The van der Waals surface area contributed by atoms with Crippen LogP contribution in [0.2, 0.25) is 0 Å². The zero-order valence-corrected chi connectivity index (χ0v) is 12.5. The zero-order valence-electron chi connectivity index (χ0n) is 11.7. The normalized spacial score (nSPS) is 10.8. The first-order chi connectivity index (χ1) is 10.5. The van der Waals surface area contributed by atoms with Crippen molar-refractivity contribution >= 4 is 29.3 Å². The van der Waals surface area contributed by atoms with Crippen LogP contribution in [-0.2, 0) is 0 Å². The Balaban J connectivity index is 2.18. The summed E-state index contributed by atoms with van der Waals surface area (Å²) in [6.07, 6.45) is 4.79. The second-order valence-corrected chi connectivity index (χ2v) is 5.31. The van der Waals surface area contributed by atoms with Crippen molar-refractivity contribution < 1.29 is 14.8 Å². The molecular formula is C16H13NO4S. The van der Waals surface area contributed by atoms with E-state index in [9.17, 15) is 20.0 Å².